The average Bonchev–Trinajstić information content (AvgIpc) is 2.86. The third kappa shape index (κ3) is 11.4. The molecule has 3 rings (SSSR count). The van der Waals surface area contributed by atoms with E-state index in [0.29, 0.717) is 27.4 Å². The predicted octanol–water partition coefficient (Wildman–Crippen LogP) is 7.13. The molecule has 12 heteroatoms. The van der Waals surface area contributed by atoms with Crippen molar-refractivity contribution in [3.8, 4) is 5.75 Å². The van der Waals surface area contributed by atoms with Crippen molar-refractivity contribution in [2.24, 2.45) is 11.3 Å². The normalized spacial score (nSPS) is 15.4. The van der Waals surface area contributed by atoms with Gasteiger partial charge in [-0.1, -0.05) is 56.1 Å². The number of methoxy groups -OCH3 is 1. The highest BCUT2D eigenvalue weighted by atomic mass is 35.5. The molecule has 0 spiro atoms. The van der Waals surface area contributed by atoms with E-state index in [1.807, 2.05) is 36.4 Å². The number of likely N-dealkylation sites (tertiary alicyclic amines) is 1. The molecular weight excluding hydrogens is 570 g/mol. The number of nitrogens with one attached hydrogen (secondary N) is 2. The molecule has 0 bridgehead atoms. The van der Waals surface area contributed by atoms with E-state index < -0.39 is 12.1 Å². The van der Waals surface area contributed by atoms with E-state index in [2.05, 4.69) is 42.4 Å². The van der Waals surface area contributed by atoms with Crippen LogP contribution in [-0.2, 0) is 11.2 Å². The van der Waals surface area contributed by atoms with Crippen molar-refractivity contribution in [1.29, 1.82) is 0 Å². The fourth-order valence-corrected chi connectivity index (χ4v) is 4.51. The standard InChI is InChI=1S/C26H35Cl2N3O2.C2HF3O2/c1-26(2,3)24(30-25(32)29-20-6-5-7-21(16-20)33-4)17-31-12-10-18(11-13-31)14-19-8-9-22(27)23(28)15-19;3-2(4,5)1(6)7/h5-9,15-16,18,24H,10-14,17H2,1-4H3,(H2,29,30,32);(H,6,7)/t24-;/m0./s1. The van der Waals surface area contributed by atoms with Gasteiger partial charge in [0.25, 0.3) is 0 Å². The van der Waals surface area contributed by atoms with Gasteiger partial charge >= 0.3 is 18.2 Å². The Bertz CT molecular complexity index is 1130. The van der Waals surface area contributed by atoms with Gasteiger partial charge in [0.1, 0.15) is 5.75 Å². The Labute approximate surface area is 243 Å². The molecule has 0 aliphatic carbocycles. The number of nitrogens with zero attached hydrogens (tertiary/aromatic N) is 1. The van der Waals surface area contributed by atoms with Crippen molar-refractivity contribution in [1.82, 2.24) is 10.2 Å². The zero-order valence-electron chi connectivity index (χ0n) is 22.9. The quantitative estimate of drug-likeness (QED) is 0.312. The Morgan fingerprint density at radius 1 is 1.07 bits per heavy atom. The van der Waals surface area contributed by atoms with Crippen molar-refractivity contribution in [2.75, 3.05) is 32.1 Å². The molecule has 222 valence electrons. The number of urea groups is 1. The molecule has 1 heterocycles. The fraction of sp³-hybridized carbons (Fsp3) is 0.500. The van der Waals surface area contributed by atoms with E-state index in [1.165, 1.54) is 5.56 Å². The first-order valence-corrected chi connectivity index (χ1v) is 13.5. The molecule has 1 saturated heterocycles. The van der Waals surface area contributed by atoms with Crippen molar-refractivity contribution >= 4 is 40.9 Å². The van der Waals surface area contributed by atoms with Crippen LogP contribution in [0, 0.1) is 11.3 Å². The van der Waals surface area contributed by atoms with Crippen LogP contribution in [0.15, 0.2) is 42.5 Å². The van der Waals surface area contributed by atoms with Crippen molar-refractivity contribution in [2.45, 2.75) is 52.3 Å². The molecule has 40 heavy (non-hydrogen) atoms. The van der Waals surface area contributed by atoms with Gasteiger partial charge in [0.05, 0.1) is 17.2 Å². The topological polar surface area (TPSA) is 90.9 Å². The minimum absolute atomic E-state index is 0.0229. The van der Waals surface area contributed by atoms with Gasteiger partial charge in [-0.2, -0.15) is 13.2 Å². The van der Waals surface area contributed by atoms with Crippen LogP contribution >= 0.6 is 23.2 Å². The Balaban J connectivity index is 0.000000708. The number of halogens is 5. The number of hydrogen-bond donors (Lipinski definition) is 3. The van der Waals surface area contributed by atoms with Crippen LogP contribution in [0.1, 0.15) is 39.2 Å². The van der Waals surface area contributed by atoms with Crippen molar-refractivity contribution < 1.29 is 32.6 Å². The fourth-order valence-electron chi connectivity index (χ4n) is 4.19. The smallest absolute Gasteiger partial charge is 0.490 e. The number of carbonyl (C=O) groups excluding carboxylic acids is 1. The van der Waals surface area contributed by atoms with Gasteiger partial charge in [0, 0.05) is 24.3 Å². The number of carbonyl (C=O) groups is 2. The highest BCUT2D eigenvalue weighted by Crippen LogP contribution is 2.28. The van der Waals surface area contributed by atoms with E-state index in [4.69, 9.17) is 37.8 Å². The summed E-state index contributed by atoms with van der Waals surface area (Å²) in [6, 6.07) is 13.1. The molecule has 1 aliphatic heterocycles. The summed E-state index contributed by atoms with van der Waals surface area (Å²) in [5, 5.41) is 14.5. The number of alkyl halides is 3. The van der Waals surface area contributed by atoms with Crippen LogP contribution in [0.25, 0.3) is 0 Å². The van der Waals surface area contributed by atoms with E-state index in [1.54, 1.807) is 7.11 Å². The number of amides is 2. The first kappa shape index (κ1) is 33.5. The molecule has 1 atom stereocenters. The van der Waals surface area contributed by atoms with Crippen molar-refractivity contribution in [3.63, 3.8) is 0 Å². The molecular formula is C28H36Cl2F3N3O4. The number of anilines is 1. The number of carboxylic acid groups (broad SMARTS) is 1. The second-order valence-electron chi connectivity index (χ2n) is 10.7. The lowest BCUT2D eigenvalue weighted by molar-refractivity contribution is -0.192. The van der Waals surface area contributed by atoms with E-state index >= 15 is 0 Å². The minimum atomic E-state index is -5.08. The van der Waals surface area contributed by atoms with Crippen LogP contribution in [0.4, 0.5) is 23.7 Å². The Morgan fingerprint density at radius 2 is 1.70 bits per heavy atom. The maximum atomic E-state index is 12.7. The molecule has 1 fully saturated rings. The summed E-state index contributed by atoms with van der Waals surface area (Å²) in [5.74, 6) is -1.41. The van der Waals surface area contributed by atoms with Crippen LogP contribution in [0.2, 0.25) is 10.0 Å². The van der Waals surface area contributed by atoms with E-state index in [-0.39, 0.29) is 17.5 Å². The molecule has 0 unspecified atom stereocenters. The maximum absolute atomic E-state index is 12.7. The molecule has 7 nitrogen and oxygen atoms in total. The number of piperidine rings is 1. The number of carboxylic acids is 1. The largest absolute Gasteiger partial charge is 0.497 e. The lowest BCUT2D eigenvalue weighted by Crippen LogP contribution is -2.53. The lowest BCUT2D eigenvalue weighted by Gasteiger charge is -2.39. The summed E-state index contributed by atoms with van der Waals surface area (Å²) < 4.78 is 37.0. The number of ether oxygens (including phenoxy) is 1. The first-order valence-electron chi connectivity index (χ1n) is 12.8. The second kappa shape index (κ2) is 14.8. The van der Waals surface area contributed by atoms with Crippen LogP contribution in [0.5, 0.6) is 5.75 Å². The highest BCUT2D eigenvalue weighted by molar-refractivity contribution is 6.42. The summed E-state index contributed by atoms with van der Waals surface area (Å²) in [7, 11) is 1.61. The van der Waals surface area contributed by atoms with Crippen molar-refractivity contribution in [3.05, 3.63) is 58.1 Å². The van der Waals surface area contributed by atoms with Gasteiger partial charge < -0.3 is 25.4 Å². The van der Waals surface area contributed by atoms with E-state index in [9.17, 15) is 18.0 Å². The van der Waals surface area contributed by atoms with Crippen LogP contribution in [-0.4, -0.2) is 61.0 Å². The monoisotopic (exact) mass is 605 g/mol. The van der Waals surface area contributed by atoms with Gasteiger partial charge in [-0.25, -0.2) is 9.59 Å². The zero-order valence-corrected chi connectivity index (χ0v) is 24.5. The molecule has 1 aliphatic rings. The molecule has 0 saturated carbocycles. The van der Waals surface area contributed by atoms with E-state index in [0.717, 1.165) is 38.9 Å². The first-order chi connectivity index (χ1) is 18.6. The molecule has 0 radical (unpaired) electrons. The van der Waals surface area contributed by atoms with Crippen LogP contribution in [0.3, 0.4) is 0 Å². The third-order valence-corrected chi connectivity index (χ3v) is 7.32. The highest BCUT2D eigenvalue weighted by Gasteiger charge is 2.38. The molecule has 3 N–H and O–H groups in total. The molecule has 2 amide bonds. The summed E-state index contributed by atoms with van der Waals surface area (Å²) >= 11 is 12.2. The lowest BCUT2D eigenvalue weighted by atomic mass is 9.85. The Morgan fingerprint density at radius 3 is 2.23 bits per heavy atom. The van der Waals surface area contributed by atoms with Gasteiger partial charge in [-0.05, 0) is 73.5 Å². The summed E-state index contributed by atoms with van der Waals surface area (Å²) in [6.45, 7) is 9.38. The number of aliphatic carboxylic acids is 1. The summed E-state index contributed by atoms with van der Waals surface area (Å²) in [5.41, 5.74) is 1.89. The number of rotatable bonds is 7. The summed E-state index contributed by atoms with van der Waals surface area (Å²) in [4.78, 5) is 24.1. The minimum Gasteiger partial charge on any atom is -0.497 e. The zero-order chi connectivity index (χ0) is 30.1. The molecule has 2 aromatic rings. The van der Waals surface area contributed by atoms with Gasteiger partial charge in [0.2, 0.25) is 0 Å². The van der Waals surface area contributed by atoms with Crippen LogP contribution < -0.4 is 15.4 Å². The van der Waals surface area contributed by atoms with Gasteiger partial charge in [0.15, 0.2) is 0 Å². The Kier molecular flexibility index (Phi) is 12.4. The molecule has 2 aromatic carbocycles. The Hall–Kier alpha value is -2.69. The van der Waals surface area contributed by atoms with Gasteiger partial charge in [-0.3, -0.25) is 0 Å². The number of hydrogen-bond acceptors (Lipinski definition) is 4. The third-order valence-electron chi connectivity index (χ3n) is 6.58. The average molecular weight is 607 g/mol. The predicted molar refractivity (Wildman–Crippen MR) is 151 cm³/mol. The summed E-state index contributed by atoms with van der Waals surface area (Å²) in [6.07, 6.45) is -1.80. The molecule has 0 aromatic heterocycles. The van der Waals surface area contributed by atoms with Gasteiger partial charge in [-0.15, -0.1) is 0 Å². The number of benzene rings is 2. The second-order valence-corrected chi connectivity index (χ2v) is 11.6. The SMILES string of the molecule is COc1cccc(NC(=O)N[C@@H](CN2CCC(Cc3ccc(Cl)c(Cl)c3)CC2)C(C)(C)C)c1.O=C(O)C(F)(F)F. The maximum Gasteiger partial charge on any atom is 0.490 e.